The van der Waals surface area contributed by atoms with Gasteiger partial charge in [-0.15, -0.1) is 0 Å². The van der Waals surface area contributed by atoms with Crippen LogP contribution < -0.4 is 4.72 Å². The number of non-ortho nitro benzene ring substituents is 1. The molecule has 2 aromatic carbocycles. The molecule has 24 heavy (non-hydrogen) atoms. The Labute approximate surface area is 137 Å². The number of anilines is 1. The van der Waals surface area contributed by atoms with Crippen LogP contribution in [0.3, 0.4) is 0 Å². The summed E-state index contributed by atoms with van der Waals surface area (Å²) in [6.45, 7) is 1.96. The number of aryl methyl sites for hydroxylation is 1. The third-order valence-corrected chi connectivity index (χ3v) is 4.84. The summed E-state index contributed by atoms with van der Waals surface area (Å²) in [5.41, 5.74) is 1.52. The summed E-state index contributed by atoms with van der Waals surface area (Å²) in [4.78, 5) is 17.4. The normalized spacial score (nSPS) is 11.5. The molecule has 0 aliphatic heterocycles. The Morgan fingerprint density at radius 1 is 1.25 bits per heavy atom. The molecule has 0 aliphatic rings. The Morgan fingerprint density at radius 3 is 2.75 bits per heavy atom. The van der Waals surface area contributed by atoms with Gasteiger partial charge in [-0.1, -0.05) is 13.0 Å². The van der Waals surface area contributed by atoms with Crippen LogP contribution in [-0.4, -0.2) is 23.3 Å². The highest BCUT2D eigenvalue weighted by Crippen LogP contribution is 2.22. The molecule has 8 nitrogen and oxygen atoms in total. The van der Waals surface area contributed by atoms with Crippen LogP contribution in [0.4, 0.5) is 11.4 Å². The number of sulfonamides is 1. The van der Waals surface area contributed by atoms with Crippen molar-refractivity contribution in [1.29, 1.82) is 0 Å². The Hall–Kier alpha value is -2.94. The summed E-state index contributed by atoms with van der Waals surface area (Å²) >= 11 is 0. The second kappa shape index (κ2) is 5.93. The molecule has 3 rings (SSSR count). The molecular formula is C15H14N4O4S. The Balaban J connectivity index is 1.94. The van der Waals surface area contributed by atoms with Crippen molar-refractivity contribution in [2.75, 3.05) is 4.72 Å². The first-order valence-electron chi connectivity index (χ1n) is 7.15. The number of rotatable bonds is 5. The quantitative estimate of drug-likeness (QED) is 0.544. The van der Waals surface area contributed by atoms with Gasteiger partial charge in [-0.05, 0) is 24.3 Å². The van der Waals surface area contributed by atoms with Crippen LogP contribution in [0, 0.1) is 10.1 Å². The molecule has 0 atom stereocenters. The second-order valence-corrected chi connectivity index (χ2v) is 6.81. The highest BCUT2D eigenvalue weighted by Gasteiger charge is 2.18. The number of hydrogen-bond acceptors (Lipinski definition) is 5. The summed E-state index contributed by atoms with van der Waals surface area (Å²) in [6, 6.07) is 9.83. The van der Waals surface area contributed by atoms with Crippen LogP contribution in [0.2, 0.25) is 0 Å². The molecule has 0 amide bonds. The maximum atomic E-state index is 12.4. The number of H-pyrrole nitrogens is 1. The Kier molecular flexibility index (Phi) is 3.94. The lowest BCUT2D eigenvalue weighted by molar-refractivity contribution is -0.385. The molecule has 9 heteroatoms. The lowest BCUT2D eigenvalue weighted by Crippen LogP contribution is -2.13. The van der Waals surface area contributed by atoms with Crippen LogP contribution in [0.1, 0.15) is 12.7 Å². The smallest absolute Gasteiger partial charge is 0.270 e. The molecule has 0 saturated carbocycles. The number of nitro groups is 1. The van der Waals surface area contributed by atoms with Crippen molar-refractivity contribution in [3.8, 4) is 0 Å². The van der Waals surface area contributed by atoms with Gasteiger partial charge in [0.1, 0.15) is 5.82 Å². The zero-order valence-electron chi connectivity index (χ0n) is 12.7. The zero-order chi connectivity index (χ0) is 17.3. The average Bonchev–Trinajstić information content (AvgIpc) is 2.97. The first-order chi connectivity index (χ1) is 11.4. The summed E-state index contributed by atoms with van der Waals surface area (Å²) in [7, 11) is -3.93. The Bertz CT molecular complexity index is 1030. The van der Waals surface area contributed by atoms with Gasteiger partial charge in [-0.2, -0.15) is 0 Å². The molecule has 0 saturated heterocycles. The van der Waals surface area contributed by atoms with Crippen LogP contribution >= 0.6 is 0 Å². The van der Waals surface area contributed by atoms with Gasteiger partial charge >= 0.3 is 0 Å². The van der Waals surface area contributed by atoms with E-state index in [-0.39, 0.29) is 10.6 Å². The lowest BCUT2D eigenvalue weighted by atomic mass is 10.3. The van der Waals surface area contributed by atoms with Gasteiger partial charge in [0.25, 0.3) is 15.7 Å². The van der Waals surface area contributed by atoms with Crippen molar-refractivity contribution in [3.05, 3.63) is 58.4 Å². The maximum Gasteiger partial charge on any atom is 0.270 e. The van der Waals surface area contributed by atoms with E-state index < -0.39 is 14.9 Å². The fourth-order valence-electron chi connectivity index (χ4n) is 2.27. The van der Waals surface area contributed by atoms with E-state index in [1.54, 1.807) is 18.2 Å². The molecule has 0 spiro atoms. The predicted molar refractivity (Wildman–Crippen MR) is 89.4 cm³/mol. The Morgan fingerprint density at radius 2 is 2.04 bits per heavy atom. The first kappa shape index (κ1) is 15.9. The van der Waals surface area contributed by atoms with E-state index >= 15 is 0 Å². The van der Waals surface area contributed by atoms with Crippen molar-refractivity contribution in [2.24, 2.45) is 0 Å². The van der Waals surface area contributed by atoms with E-state index in [4.69, 9.17) is 0 Å². The number of benzene rings is 2. The summed E-state index contributed by atoms with van der Waals surface area (Å²) in [6.07, 6.45) is 0.740. The van der Waals surface area contributed by atoms with Gasteiger partial charge in [-0.25, -0.2) is 13.4 Å². The molecule has 2 N–H and O–H groups in total. The standard InChI is InChI=1S/C15H14N4O4S/c1-2-15-16-13-7-6-10(8-14(13)17-15)18-24(22,23)12-5-3-4-11(9-12)19(20)21/h3-9,18H,2H2,1H3,(H,16,17). The minimum Gasteiger partial charge on any atom is -0.342 e. The highest BCUT2D eigenvalue weighted by atomic mass is 32.2. The van der Waals surface area contributed by atoms with Crippen LogP contribution in [0.25, 0.3) is 11.0 Å². The van der Waals surface area contributed by atoms with Gasteiger partial charge in [0, 0.05) is 18.6 Å². The molecule has 124 valence electrons. The van der Waals surface area contributed by atoms with E-state index in [1.165, 1.54) is 18.2 Å². The molecule has 1 heterocycles. The van der Waals surface area contributed by atoms with Crippen LogP contribution in [-0.2, 0) is 16.4 Å². The molecule has 1 aromatic heterocycles. The number of imidazole rings is 1. The third kappa shape index (κ3) is 3.06. The van der Waals surface area contributed by atoms with Gasteiger partial charge in [0.15, 0.2) is 0 Å². The maximum absolute atomic E-state index is 12.4. The minimum atomic E-state index is -3.93. The molecule has 0 aliphatic carbocycles. The number of nitrogens with one attached hydrogen (secondary N) is 2. The third-order valence-electron chi connectivity index (χ3n) is 3.46. The van der Waals surface area contributed by atoms with Crippen LogP contribution in [0.5, 0.6) is 0 Å². The van der Waals surface area contributed by atoms with Crippen molar-refractivity contribution < 1.29 is 13.3 Å². The average molecular weight is 346 g/mol. The fourth-order valence-corrected chi connectivity index (χ4v) is 3.36. The number of nitrogens with zero attached hydrogens (tertiary/aromatic N) is 2. The molecule has 0 fully saturated rings. The van der Waals surface area contributed by atoms with Gasteiger partial charge in [-0.3, -0.25) is 14.8 Å². The fraction of sp³-hybridized carbons (Fsp3) is 0.133. The zero-order valence-corrected chi connectivity index (χ0v) is 13.5. The molecule has 0 bridgehead atoms. The van der Waals surface area contributed by atoms with E-state index in [0.29, 0.717) is 11.2 Å². The number of aromatic nitrogens is 2. The highest BCUT2D eigenvalue weighted by molar-refractivity contribution is 7.92. The van der Waals surface area contributed by atoms with E-state index in [2.05, 4.69) is 14.7 Å². The summed E-state index contributed by atoms with van der Waals surface area (Å²) in [5, 5.41) is 10.8. The van der Waals surface area contributed by atoms with Gasteiger partial charge < -0.3 is 4.98 Å². The topological polar surface area (TPSA) is 118 Å². The summed E-state index contributed by atoms with van der Waals surface area (Å²) in [5.74, 6) is 0.809. The minimum absolute atomic E-state index is 0.171. The second-order valence-electron chi connectivity index (χ2n) is 5.13. The van der Waals surface area contributed by atoms with Crippen molar-refractivity contribution in [3.63, 3.8) is 0 Å². The molecule has 0 radical (unpaired) electrons. The lowest BCUT2D eigenvalue weighted by Gasteiger charge is -2.08. The largest absolute Gasteiger partial charge is 0.342 e. The van der Waals surface area contributed by atoms with Gasteiger partial charge in [0.2, 0.25) is 0 Å². The SMILES string of the molecule is CCc1nc2ccc(NS(=O)(=O)c3cccc([N+](=O)[O-])c3)cc2[nH]1. The van der Waals surface area contributed by atoms with E-state index in [0.717, 1.165) is 23.8 Å². The predicted octanol–water partition coefficient (Wildman–Crippen LogP) is 2.83. The molecular weight excluding hydrogens is 332 g/mol. The molecule has 3 aromatic rings. The first-order valence-corrected chi connectivity index (χ1v) is 8.63. The van der Waals surface area contributed by atoms with Crippen molar-refractivity contribution in [1.82, 2.24) is 9.97 Å². The van der Waals surface area contributed by atoms with E-state index in [1.807, 2.05) is 6.92 Å². The van der Waals surface area contributed by atoms with Crippen molar-refractivity contribution in [2.45, 2.75) is 18.2 Å². The monoisotopic (exact) mass is 346 g/mol. The van der Waals surface area contributed by atoms with E-state index in [9.17, 15) is 18.5 Å². The van der Waals surface area contributed by atoms with Crippen LogP contribution in [0.15, 0.2) is 47.4 Å². The number of nitro benzene ring substituents is 1. The summed E-state index contributed by atoms with van der Waals surface area (Å²) < 4.78 is 27.3. The number of aromatic amines is 1. The number of fused-ring (bicyclic) bond motifs is 1. The number of hydrogen-bond donors (Lipinski definition) is 2. The van der Waals surface area contributed by atoms with Crippen molar-refractivity contribution >= 4 is 32.4 Å². The molecule has 0 unspecified atom stereocenters. The van der Waals surface area contributed by atoms with Gasteiger partial charge in [0.05, 0.1) is 26.5 Å².